The molecule has 0 amide bonds. The number of aliphatic carboxylic acids is 2. The van der Waals surface area contributed by atoms with Gasteiger partial charge >= 0.3 is 11.9 Å². The van der Waals surface area contributed by atoms with Crippen LogP contribution in [0.25, 0.3) is 0 Å². The average molecular weight is 256 g/mol. The first-order chi connectivity index (χ1) is 7.94. The van der Waals surface area contributed by atoms with E-state index in [1.807, 2.05) is 0 Å². The smallest absolute Gasteiger partial charge is 0.348 e. The Hall–Kier alpha value is -1.99. The molecule has 1 atom stereocenters. The van der Waals surface area contributed by atoms with Gasteiger partial charge in [-0.15, -0.1) is 0 Å². The zero-order valence-corrected chi connectivity index (χ0v) is 9.18. The van der Waals surface area contributed by atoms with Gasteiger partial charge in [0.1, 0.15) is 11.3 Å². The number of carboxylic acids is 2. The first-order valence-corrected chi connectivity index (χ1v) is 5.10. The second kappa shape index (κ2) is 4.89. The maximum Gasteiger partial charge on any atom is 0.348 e. The molecule has 0 aliphatic carbocycles. The van der Waals surface area contributed by atoms with Crippen LogP contribution in [0.15, 0.2) is 30.3 Å². The minimum Gasteiger partial charge on any atom is -0.479 e. The summed E-state index contributed by atoms with van der Waals surface area (Å²) in [4.78, 5) is 20.7. The summed E-state index contributed by atoms with van der Waals surface area (Å²) >= 11 is -0.556. The van der Waals surface area contributed by atoms with E-state index in [-0.39, 0.29) is 5.56 Å². The third kappa shape index (κ3) is 2.24. The van der Waals surface area contributed by atoms with Gasteiger partial charge in [0.25, 0.3) is 0 Å². The number of benzene rings is 1. The Kier molecular flexibility index (Phi) is 3.77. The van der Waals surface area contributed by atoms with Gasteiger partial charge in [-0.05, 0) is 0 Å². The van der Waals surface area contributed by atoms with E-state index in [0.717, 1.165) is 0 Å². The molecular weight excluding hydrogens is 248 g/mol. The second-order valence-corrected chi connectivity index (χ2v) is 3.67. The number of aliphatic hydroxyl groups is 1. The first-order valence-electron chi connectivity index (χ1n) is 4.36. The van der Waals surface area contributed by atoms with Crippen molar-refractivity contribution < 1.29 is 29.1 Å². The van der Waals surface area contributed by atoms with Gasteiger partial charge in [-0.1, -0.05) is 30.3 Å². The van der Waals surface area contributed by atoms with Crippen LogP contribution in [0, 0.1) is 0 Å². The molecule has 0 bridgehead atoms. The number of hydrogen-bond donors (Lipinski definition) is 3. The lowest BCUT2D eigenvalue weighted by Crippen LogP contribution is -2.47. The fraction of sp³-hybridized carbons (Fsp3) is 0.100. The normalized spacial score (nSPS) is 13.5. The molecule has 0 aliphatic heterocycles. The zero-order chi connectivity index (χ0) is 13.1. The SMILES string of the molecule is O=S=C(C(=O)O)C(O)(C(=O)O)c1ccccc1. The second-order valence-electron chi connectivity index (χ2n) is 3.10. The van der Waals surface area contributed by atoms with Crippen LogP contribution in [0.4, 0.5) is 0 Å². The van der Waals surface area contributed by atoms with Crippen molar-refractivity contribution in [1.29, 1.82) is 0 Å². The van der Waals surface area contributed by atoms with Crippen molar-refractivity contribution >= 4 is 28.1 Å². The molecule has 90 valence electrons. The van der Waals surface area contributed by atoms with Crippen LogP contribution >= 0.6 is 0 Å². The minimum atomic E-state index is -2.83. The number of hydrogen-bond acceptors (Lipinski definition) is 4. The van der Waals surface area contributed by atoms with Crippen LogP contribution in [-0.2, 0) is 26.4 Å². The third-order valence-corrected chi connectivity index (χ3v) is 2.74. The van der Waals surface area contributed by atoms with E-state index in [1.165, 1.54) is 24.3 Å². The Morgan fingerprint density at radius 2 is 1.65 bits per heavy atom. The average Bonchev–Trinajstić information content (AvgIpc) is 2.30. The highest BCUT2D eigenvalue weighted by atomic mass is 32.1. The van der Waals surface area contributed by atoms with Crippen molar-refractivity contribution in [2.75, 3.05) is 0 Å². The molecule has 6 nitrogen and oxygen atoms in total. The summed E-state index contributed by atoms with van der Waals surface area (Å²) < 4.78 is 10.7. The summed E-state index contributed by atoms with van der Waals surface area (Å²) in [5.74, 6) is -3.58. The number of rotatable bonds is 4. The quantitative estimate of drug-likeness (QED) is 0.622. The van der Waals surface area contributed by atoms with Gasteiger partial charge in [-0.2, -0.15) is 0 Å². The van der Waals surface area contributed by atoms with Gasteiger partial charge in [0, 0.05) is 5.56 Å². The van der Waals surface area contributed by atoms with Crippen molar-refractivity contribution in [3.63, 3.8) is 0 Å². The lowest BCUT2D eigenvalue weighted by Gasteiger charge is -2.21. The van der Waals surface area contributed by atoms with Gasteiger partial charge in [0.05, 0.1) is 0 Å². The minimum absolute atomic E-state index is 0.187. The van der Waals surface area contributed by atoms with E-state index in [0.29, 0.717) is 0 Å². The molecule has 0 fully saturated rings. The molecule has 1 aromatic rings. The Labute approximate surface area is 99.2 Å². The topological polar surface area (TPSA) is 112 Å². The van der Waals surface area contributed by atoms with Crippen LogP contribution in [-0.4, -0.2) is 36.3 Å². The molecular formula is C10H8O6S. The van der Waals surface area contributed by atoms with E-state index in [9.17, 15) is 18.9 Å². The van der Waals surface area contributed by atoms with E-state index in [4.69, 9.17) is 10.2 Å². The molecule has 0 aromatic heterocycles. The molecule has 0 saturated heterocycles. The Balaban J connectivity index is 3.50. The highest BCUT2D eigenvalue weighted by Gasteiger charge is 2.47. The highest BCUT2D eigenvalue weighted by molar-refractivity contribution is 7.68. The predicted molar refractivity (Wildman–Crippen MR) is 58.8 cm³/mol. The van der Waals surface area contributed by atoms with E-state index >= 15 is 0 Å². The largest absolute Gasteiger partial charge is 0.479 e. The molecule has 0 saturated carbocycles. The zero-order valence-electron chi connectivity index (χ0n) is 8.36. The van der Waals surface area contributed by atoms with Crippen LogP contribution < -0.4 is 0 Å². The predicted octanol–water partition coefficient (Wildman–Crippen LogP) is -0.571. The summed E-state index contributed by atoms with van der Waals surface area (Å²) in [5, 5.41) is 27.6. The van der Waals surface area contributed by atoms with Crippen molar-refractivity contribution in [3.05, 3.63) is 35.9 Å². The molecule has 7 heteroatoms. The summed E-state index contributed by atoms with van der Waals surface area (Å²) in [6.07, 6.45) is 0. The van der Waals surface area contributed by atoms with Gasteiger partial charge in [0.15, 0.2) is 4.86 Å². The molecule has 0 heterocycles. The van der Waals surface area contributed by atoms with Crippen LogP contribution in [0.1, 0.15) is 5.56 Å². The highest BCUT2D eigenvalue weighted by Crippen LogP contribution is 2.23. The summed E-state index contributed by atoms with van der Waals surface area (Å²) in [6, 6.07) is 6.88. The summed E-state index contributed by atoms with van der Waals surface area (Å²) in [6.45, 7) is 0. The van der Waals surface area contributed by atoms with E-state index < -0.39 is 33.7 Å². The lowest BCUT2D eigenvalue weighted by molar-refractivity contribution is -0.153. The van der Waals surface area contributed by atoms with Gasteiger partial charge in [0.2, 0.25) is 5.60 Å². The summed E-state index contributed by atoms with van der Waals surface area (Å²) in [5.41, 5.74) is -3.02. The Morgan fingerprint density at radius 1 is 1.12 bits per heavy atom. The standard InChI is InChI=1S/C10H8O6S/c11-8(12)7(17-16)10(15,9(13)14)6-4-2-1-3-5-6/h1-5,15H,(H,11,12)(H,13,14). The van der Waals surface area contributed by atoms with Crippen molar-refractivity contribution in [3.8, 4) is 0 Å². The fourth-order valence-corrected chi connectivity index (χ4v) is 1.68. The fourth-order valence-electron chi connectivity index (χ4n) is 1.28. The van der Waals surface area contributed by atoms with E-state index in [2.05, 4.69) is 0 Å². The molecule has 0 aliphatic rings. The lowest BCUT2D eigenvalue weighted by atomic mass is 9.90. The Bertz CT molecular complexity index is 505. The third-order valence-electron chi connectivity index (χ3n) is 2.11. The first kappa shape index (κ1) is 13.1. The molecule has 0 radical (unpaired) electrons. The van der Waals surface area contributed by atoms with Crippen LogP contribution in [0.5, 0.6) is 0 Å². The Morgan fingerprint density at radius 3 is 2.00 bits per heavy atom. The van der Waals surface area contributed by atoms with Crippen molar-refractivity contribution in [2.24, 2.45) is 0 Å². The van der Waals surface area contributed by atoms with Crippen molar-refractivity contribution in [2.45, 2.75) is 5.60 Å². The van der Waals surface area contributed by atoms with Crippen molar-refractivity contribution in [1.82, 2.24) is 0 Å². The van der Waals surface area contributed by atoms with Gasteiger partial charge < -0.3 is 15.3 Å². The maximum atomic E-state index is 11.0. The molecule has 1 unspecified atom stereocenters. The number of carboxylic acid groups (broad SMARTS) is 2. The van der Waals surface area contributed by atoms with Crippen LogP contribution in [0.2, 0.25) is 0 Å². The molecule has 1 rings (SSSR count). The molecule has 0 spiro atoms. The van der Waals surface area contributed by atoms with Gasteiger partial charge in [-0.3, -0.25) is 0 Å². The van der Waals surface area contributed by atoms with E-state index in [1.54, 1.807) is 6.07 Å². The molecule has 3 N–H and O–H groups in total. The van der Waals surface area contributed by atoms with Crippen LogP contribution in [0.3, 0.4) is 0 Å². The maximum absolute atomic E-state index is 11.0. The molecule has 1 aromatic carbocycles. The summed E-state index contributed by atoms with van der Waals surface area (Å²) in [7, 11) is 0. The monoisotopic (exact) mass is 256 g/mol. The molecule has 17 heavy (non-hydrogen) atoms. The van der Waals surface area contributed by atoms with Gasteiger partial charge in [-0.25, -0.2) is 13.8 Å². The number of carbonyl (C=O) groups is 2.